The van der Waals surface area contributed by atoms with Crippen LogP contribution in [0.2, 0.25) is 0 Å². The van der Waals surface area contributed by atoms with Crippen molar-refractivity contribution >= 4 is 5.91 Å². The standard InChI is InChI=1S/C18H26N4O2/c1-4-13(5-2)16(23)12-20-18(24)14-11-21-22(15(14)6-3)17-9-7-8-10-19-17/h7-11,13,16,23H,4-6,12H2,1-3H3,(H,20,24). The molecule has 0 fully saturated rings. The van der Waals surface area contributed by atoms with E-state index in [9.17, 15) is 9.90 Å². The second kappa shape index (κ2) is 8.59. The van der Waals surface area contributed by atoms with E-state index in [1.807, 2.05) is 39.0 Å². The molecule has 2 N–H and O–H groups in total. The summed E-state index contributed by atoms with van der Waals surface area (Å²) in [7, 11) is 0. The maximum atomic E-state index is 12.5. The van der Waals surface area contributed by atoms with Gasteiger partial charge in [-0.15, -0.1) is 0 Å². The van der Waals surface area contributed by atoms with Crippen LogP contribution in [0.3, 0.4) is 0 Å². The molecule has 0 saturated carbocycles. The van der Waals surface area contributed by atoms with E-state index >= 15 is 0 Å². The first kappa shape index (κ1) is 18.1. The molecule has 1 atom stereocenters. The van der Waals surface area contributed by atoms with Crippen LogP contribution in [0.5, 0.6) is 0 Å². The summed E-state index contributed by atoms with van der Waals surface area (Å²) in [6, 6.07) is 5.57. The predicted molar refractivity (Wildman–Crippen MR) is 93.1 cm³/mol. The molecule has 0 spiro atoms. The molecule has 6 heteroatoms. The highest BCUT2D eigenvalue weighted by Crippen LogP contribution is 2.15. The van der Waals surface area contributed by atoms with E-state index < -0.39 is 6.10 Å². The van der Waals surface area contributed by atoms with E-state index in [0.717, 1.165) is 18.5 Å². The summed E-state index contributed by atoms with van der Waals surface area (Å²) in [5.41, 5.74) is 1.34. The molecule has 6 nitrogen and oxygen atoms in total. The number of rotatable bonds is 8. The maximum Gasteiger partial charge on any atom is 0.254 e. The molecule has 2 aromatic rings. The molecule has 1 unspecified atom stereocenters. The number of carbonyl (C=O) groups excluding carboxylic acids is 1. The summed E-state index contributed by atoms with van der Waals surface area (Å²) in [6.45, 7) is 6.33. The third kappa shape index (κ3) is 4.00. The summed E-state index contributed by atoms with van der Waals surface area (Å²) in [6.07, 6.45) is 5.18. The summed E-state index contributed by atoms with van der Waals surface area (Å²) >= 11 is 0. The molecule has 0 aliphatic rings. The van der Waals surface area contributed by atoms with Gasteiger partial charge in [0, 0.05) is 12.7 Å². The number of aliphatic hydroxyl groups is 1. The molecule has 2 rings (SSSR count). The number of nitrogens with zero attached hydrogens (tertiary/aromatic N) is 3. The smallest absolute Gasteiger partial charge is 0.254 e. The van der Waals surface area contributed by atoms with Gasteiger partial charge in [0.05, 0.1) is 23.6 Å². The Labute approximate surface area is 142 Å². The summed E-state index contributed by atoms with van der Waals surface area (Å²) < 4.78 is 1.69. The van der Waals surface area contributed by atoms with Gasteiger partial charge in [0.2, 0.25) is 0 Å². The lowest BCUT2D eigenvalue weighted by molar-refractivity contribution is 0.0816. The number of aliphatic hydroxyl groups excluding tert-OH is 1. The molecule has 0 saturated heterocycles. The third-order valence-corrected chi connectivity index (χ3v) is 4.38. The Balaban J connectivity index is 2.12. The van der Waals surface area contributed by atoms with E-state index in [0.29, 0.717) is 17.8 Å². The first-order valence-electron chi connectivity index (χ1n) is 8.56. The van der Waals surface area contributed by atoms with E-state index in [-0.39, 0.29) is 18.4 Å². The average molecular weight is 330 g/mol. The topological polar surface area (TPSA) is 80.0 Å². The maximum absolute atomic E-state index is 12.5. The molecule has 0 radical (unpaired) electrons. The highest BCUT2D eigenvalue weighted by atomic mass is 16.3. The van der Waals surface area contributed by atoms with Gasteiger partial charge in [0.25, 0.3) is 5.91 Å². The fraction of sp³-hybridized carbons (Fsp3) is 0.500. The fourth-order valence-electron chi connectivity index (χ4n) is 2.87. The van der Waals surface area contributed by atoms with Gasteiger partial charge >= 0.3 is 0 Å². The Morgan fingerprint density at radius 2 is 2.04 bits per heavy atom. The van der Waals surface area contributed by atoms with Gasteiger partial charge in [-0.2, -0.15) is 5.10 Å². The summed E-state index contributed by atoms with van der Waals surface area (Å²) in [5.74, 6) is 0.677. The molecule has 1 amide bonds. The predicted octanol–water partition coefficient (Wildman–Crippen LogP) is 2.36. The van der Waals surface area contributed by atoms with Crippen LogP contribution in [-0.2, 0) is 6.42 Å². The molecule has 2 heterocycles. The van der Waals surface area contributed by atoms with Gasteiger partial charge in [-0.05, 0) is 24.5 Å². The van der Waals surface area contributed by atoms with Gasteiger partial charge in [-0.1, -0.05) is 39.7 Å². The number of amides is 1. The monoisotopic (exact) mass is 330 g/mol. The van der Waals surface area contributed by atoms with Crippen LogP contribution < -0.4 is 5.32 Å². The lowest BCUT2D eigenvalue weighted by Gasteiger charge is -2.20. The van der Waals surface area contributed by atoms with Crippen molar-refractivity contribution < 1.29 is 9.90 Å². The summed E-state index contributed by atoms with van der Waals surface area (Å²) in [5, 5.41) is 17.3. The highest BCUT2D eigenvalue weighted by Gasteiger charge is 2.20. The van der Waals surface area contributed by atoms with Gasteiger partial charge in [-0.25, -0.2) is 9.67 Å². The first-order chi connectivity index (χ1) is 11.6. The van der Waals surface area contributed by atoms with Crippen LogP contribution >= 0.6 is 0 Å². The van der Waals surface area contributed by atoms with Crippen LogP contribution in [0.25, 0.3) is 5.82 Å². The van der Waals surface area contributed by atoms with Crippen LogP contribution in [-0.4, -0.2) is 38.4 Å². The molecule has 0 aliphatic carbocycles. The molecule has 0 bridgehead atoms. The molecule has 130 valence electrons. The number of aromatic nitrogens is 3. The zero-order chi connectivity index (χ0) is 17.5. The zero-order valence-electron chi connectivity index (χ0n) is 14.6. The van der Waals surface area contributed by atoms with Gasteiger partial charge in [0.15, 0.2) is 5.82 Å². The van der Waals surface area contributed by atoms with Crippen LogP contribution in [0.4, 0.5) is 0 Å². The third-order valence-electron chi connectivity index (χ3n) is 4.38. The molecule has 24 heavy (non-hydrogen) atoms. The first-order valence-corrected chi connectivity index (χ1v) is 8.56. The number of nitrogens with one attached hydrogen (secondary N) is 1. The molecular weight excluding hydrogens is 304 g/mol. The second-order valence-corrected chi connectivity index (χ2v) is 5.81. The Morgan fingerprint density at radius 1 is 1.29 bits per heavy atom. The number of hydrogen-bond donors (Lipinski definition) is 2. The fourth-order valence-corrected chi connectivity index (χ4v) is 2.87. The van der Waals surface area contributed by atoms with E-state index in [2.05, 4.69) is 15.4 Å². The van der Waals surface area contributed by atoms with Crippen molar-refractivity contribution in [3.63, 3.8) is 0 Å². The van der Waals surface area contributed by atoms with Crippen LogP contribution in [0.15, 0.2) is 30.6 Å². The average Bonchev–Trinajstić information content (AvgIpc) is 3.05. The Bertz CT molecular complexity index is 650. The van der Waals surface area contributed by atoms with Gasteiger partial charge in [-0.3, -0.25) is 4.79 Å². The van der Waals surface area contributed by atoms with Crippen molar-refractivity contribution in [2.75, 3.05) is 6.54 Å². The minimum absolute atomic E-state index is 0.201. The van der Waals surface area contributed by atoms with Crippen molar-refractivity contribution in [2.24, 2.45) is 5.92 Å². The van der Waals surface area contributed by atoms with Crippen molar-refractivity contribution in [3.8, 4) is 5.82 Å². The zero-order valence-corrected chi connectivity index (χ0v) is 14.6. The van der Waals surface area contributed by atoms with Crippen molar-refractivity contribution in [1.29, 1.82) is 0 Å². The van der Waals surface area contributed by atoms with Crippen LogP contribution in [0.1, 0.15) is 49.7 Å². The highest BCUT2D eigenvalue weighted by molar-refractivity contribution is 5.95. The molecule has 2 aromatic heterocycles. The van der Waals surface area contributed by atoms with Gasteiger partial charge < -0.3 is 10.4 Å². The minimum Gasteiger partial charge on any atom is -0.391 e. The van der Waals surface area contributed by atoms with E-state index in [4.69, 9.17) is 0 Å². The molecule has 0 aliphatic heterocycles. The quantitative estimate of drug-likeness (QED) is 0.778. The Hall–Kier alpha value is -2.21. The Kier molecular flexibility index (Phi) is 6.49. The van der Waals surface area contributed by atoms with Gasteiger partial charge in [0.1, 0.15) is 0 Å². The molecular formula is C18H26N4O2. The van der Waals surface area contributed by atoms with Crippen LogP contribution in [0, 0.1) is 5.92 Å². The number of pyridine rings is 1. The Morgan fingerprint density at radius 3 is 2.62 bits per heavy atom. The van der Waals surface area contributed by atoms with E-state index in [1.54, 1.807) is 17.1 Å². The minimum atomic E-state index is -0.528. The molecule has 0 aromatic carbocycles. The van der Waals surface area contributed by atoms with Crippen molar-refractivity contribution in [3.05, 3.63) is 41.9 Å². The van der Waals surface area contributed by atoms with Crippen molar-refractivity contribution in [2.45, 2.75) is 46.1 Å². The number of hydrogen-bond acceptors (Lipinski definition) is 4. The largest absolute Gasteiger partial charge is 0.391 e. The van der Waals surface area contributed by atoms with Crippen molar-refractivity contribution in [1.82, 2.24) is 20.1 Å². The summed E-state index contributed by atoms with van der Waals surface area (Å²) in [4.78, 5) is 16.8. The second-order valence-electron chi connectivity index (χ2n) is 5.81. The van der Waals surface area contributed by atoms with E-state index in [1.165, 1.54) is 0 Å². The lowest BCUT2D eigenvalue weighted by Crippen LogP contribution is -2.36. The SMILES string of the molecule is CCc1c(C(=O)NCC(O)C(CC)CC)cnn1-c1ccccn1. The number of carbonyl (C=O) groups is 1. The normalized spacial score (nSPS) is 12.4. The lowest BCUT2D eigenvalue weighted by atomic mass is 9.96.